The van der Waals surface area contributed by atoms with Gasteiger partial charge in [-0.1, -0.05) is 20.8 Å². The van der Waals surface area contributed by atoms with E-state index in [4.69, 9.17) is 5.11 Å². The maximum Gasteiger partial charge on any atom is 0.304 e. The average Bonchev–Trinajstić information content (AvgIpc) is 2.24. The standard InChI is InChI=1S/C10H21NO4S/c1-4-10(5-2,6-3)11-16(14,15)8-7-9(12)13/h11H,4-8H2,1-3H3,(H,12,13). The van der Waals surface area contributed by atoms with Crippen LogP contribution in [0.15, 0.2) is 0 Å². The zero-order chi connectivity index (χ0) is 12.8. The van der Waals surface area contributed by atoms with Gasteiger partial charge in [0.05, 0.1) is 12.2 Å². The van der Waals surface area contributed by atoms with Crippen LogP contribution < -0.4 is 4.72 Å². The van der Waals surface area contributed by atoms with Crippen molar-refractivity contribution in [2.24, 2.45) is 0 Å². The second-order valence-corrected chi connectivity index (χ2v) is 5.75. The van der Waals surface area contributed by atoms with Crippen LogP contribution in [0.1, 0.15) is 46.5 Å². The minimum atomic E-state index is -3.50. The fraction of sp³-hybridized carbons (Fsp3) is 0.900. The first-order chi connectivity index (χ1) is 7.31. The van der Waals surface area contributed by atoms with E-state index in [1.165, 1.54) is 0 Å². The molecule has 0 bridgehead atoms. The number of aliphatic carboxylic acids is 1. The number of carbonyl (C=O) groups is 1. The van der Waals surface area contributed by atoms with E-state index in [-0.39, 0.29) is 12.2 Å². The van der Waals surface area contributed by atoms with Crippen LogP contribution in [-0.2, 0) is 14.8 Å². The summed E-state index contributed by atoms with van der Waals surface area (Å²) in [6.07, 6.45) is 1.74. The van der Waals surface area contributed by atoms with Gasteiger partial charge in [-0.3, -0.25) is 4.79 Å². The molecule has 0 aromatic carbocycles. The molecule has 96 valence electrons. The van der Waals surface area contributed by atoms with Gasteiger partial charge < -0.3 is 5.11 Å². The van der Waals surface area contributed by atoms with E-state index in [1.807, 2.05) is 20.8 Å². The molecule has 0 heterocycles. The molecule has 0 amide bonds. The number of carboxylic acid groups (broad SMARTS) is 1. The summed E-state index contributed by atoms with van der Waals surface area (Å²) >= 11 is 0. The van der Waals surface area contributed by atoms with Crippen LogP contribution in [0.25, 0.3) is 0 Å². The number of carboxylic acids is 1. The number of sulfonamides is 1. The molecule has 0 aliphatic carbocycles. The van der Waals surface area contributed by atoms with E-state index in [0.717, 1.165) is 0 Å². The summed E-state index contributed by atoms with van der Waals surface area (Å²) in [6.45, 7) is 5.77. The molecule has 0 atom stereocenters. The van der Waals surface area contributed by atoms with E-state index >= 15 is 0 Å². The summed E-state index contributed by atoms with van der Waals surface area (Å²) in [5, 5.41) is 8.45. The summed E-state index contributed by atoms with van der Waals surface area (Å²) in [6, 6.07) is 0. The van der Waals surface area contributed by atoms with Crippen molar-refractivity contribution < 1.29 is 18.3 Å². The molecule has 6 heteroatoms. The molecule has 0 aromatic rings. The van der Waals surface area contributed by atoms with Crippen molar-refractivity contribution in [2.45, 2.75) is 52.0 Å². The van der Waals surface area contributed by atoms with Crippen LogP contribution in [0.2, 0.25) is 0 Å². The number of rotatable bonds is 8. The first kappa shape index (κ1) is 15.4. The Bertz CT molecular complexity index is 311. The molecule has 0 rings (SSSR count). The van der Waals surface area contributed by atoms with Gasteiger partial charge in [-0.05, 0) is 19.3 Å². The van der Waals surface area contributed by atoms with Crippen LogP contribution in [0.5, 0.6) is 0 Å². The Morgan fingerprint density at radius 3 is 1.94 bits per heavy atom. The van der Waals surface area contributed by atoms with Crippen molar-refractivity contribution in [1.29, 1.82) is 0 Å². The molecule has 0 aliphatic heterocycles. The molecule has 0 unspecified atom stereocenters. The summed E-state index contributed by atoms with van der Waals surface area (Å²) in [4.78, 5) is 10.3. The molecule has 0 saturated carbocycles. The Balaban J connectivity index is 4.60. The monoisotopic (exact) mass is 251 g/mol. The highest BCUT2D eigenvalue weighted by atomic mass is 32.2. The molecule has 0 fully saturated rings. The molecular weight excluding hydrogens is 230 g/mol. The van der Waals surface area contributed by atoms with Gasteiger partial charge in [0, 0.05) is 5.54 Å². The summed E-state index contributed by atoms with van der Waals surface area (Å²) in [5.41, 5.74) is -0.433. The Kier molecular flexibility index (Phi) is 5.96. The zero-order valence-corrected chi connectivity index (χ0v) is 10.9. The van der Waals surface area contributed by atoms with Gasteiger partial charge in [0.25, 0.3) is 0 Å². The predicted octanol–water partition coefficient (Wildman–Crippen LogP) is 1.35. The number of hydrogen-bond acceptors (Lipinski definition) is 3. The Morgan fingerprint density at radius 2 is 1.62 bits per heavy atom. The Hall–Kier alpha value is -0.620. The molecule has 0 saturated heterocycles. The van der Waals surface area contributed by atoms with E-state index in [1.54, 1.807) is 0 Å². The maximum atomic E-state index is 11.7. The molecule has 0 aromatic heterocycles. The third kappa shape index (κ3) is 4.94. The van der Waals surface area contributed by atoms with E-state index in [2.05, 4.69) is 4.72 Å². The lowest BCUT2D eigenvalue weighted by atomic mass is 9.91. The normalized spacial score (nSPS) is 12.7. The summed E-state index contributed by atoms with van der Waals surface area (Å²) < 4.78 is 25.9. The lowest BCUT2D eigenvalue weighted by Crippen LogP contribution is -2.48. The maximum absolute atomic E-state index is 11.7. The van der Waals surface area contributed by atoms with E-state index in [9.17, 15) is 13.2 Å². The number of nitrogens with one attached hydrogen (secondary N) is 1. The second-order valence-electron chi connectivity index (χ2n) is 3.91. The summed E-state index contributed by atoms with van der Waals surface area (Å²) in [5.74, 6) is -1.45. The van der Waals surface area contributed by atoms with Crippen LogP contribution in [0.4, 0.5) is 0 Å². The Morgan fingerprint density at radius 1 is 1.19 bits per heavy atom. The van der Waals surface area contributed by atoms with Gasteiger partial charge in [0.1, 0.15) is 0 Å². The first-order valence-electron chi connectivity index (χ1n) is 5.54. The fourth-order valence-corrected chi connectivity index (χ4v) is 3.21. The van der Waals surface area contributed by atoms with Crippen molar-refractivity contribution in [2.75, 3.05) is 5.75 Å². The lowest BCUT2D eigenvalue weighted by Gasteiger charge is -2.31. The van der Waals surface area contributed by atoms with Gasteiger partial charge in [-0.15, -0.1) is 0 Å². The third-order valence-electron chi connectivity index (χ3n) is 2.99. The van der Waals surface area contributed by atoms with Crippen molar-refractivity contribution in [3.63, 3.8) is 0 Å². The van der Waals surface area contributed by atoms with Crippen LogP contribution in [0, 0.1) is 0 Å². The highest BCUT2D eigenvalue weighted by Crippen LogP contribution is 2.20. The molecule has 0 radical (unpaired) electrons. The van der Waals surface area contributed by atoms with Crippen LogP contribution >= 0.6 is 0 Å². The Labute approximate surface area is 97.3 Å². The van der Waals surface area contributed by atoms with Crippen molar-refractivity contribution >= 4 is 16.0 Å². The van der Waals surface area contributed by atoms with Crippen molar-refractivity contribution in [3.8, 4) is 0 Å². The molecule has 0 aliphatic rings. The zero-order valence-electron chi connectivity index (χ0n) is 10.1. The quantitative estimate of drug-likeness (QED) is 0.682. The third-order valence-corrected chi connectivity index (χ3v) is 4.47. The van der Waals surface area contributed by atoms with Crippen molar-refractivity contribution in [3.05, 3.63) is 0 Å². The first-order valence-corrected chi connectivity index (χ1v) is 7.19. The summed E-state index contributed by atoms with van der Waals surface area (Å²) in [7, 11) is -3.50. The lowest BCUT2D eigenvalue weighted by molar-refractivity contribution is -0.136. The average molecular weight is 251 g/mol. The topological polar surface area (TPSA) is 83.5 Å². The fourth-order valence-electron chi connectivity index (χ4n) is 1.57. The van der Waals surface area contributed by atoms with Gasteiger partial charge in [-0.25, -0.2) is 13.1 Å². The van der Waals surface area contributed by atoms with Gasteiger partial charge in [-0.2, -0.15) is 0 Å². The molecule has 0 spiro atoms. The minimum Gasteiger partial charge on any atom is -0.481 e. The van der Waals surface area contributed by atoms with Crippen LogP contribution in [-0.4, -0.2) is 30.8 Å². The SMILES string of the molecule is CCC(CC)(CC)NS(=O)(=O)CCC(=O)O. The molecular formula is C10H21NO4S. The van der Waals surface area contributed by atoms with E-state index < -0.39 is 21.5 Å². The second kappa shape index (κ2) is 6.20. The number of hydrogen-bond donors (Lipinski definition) is 2. The highest BCUT2D eigenvalue weighted by Gasteiger charge is 2.29. The van der Waals surface area contributed by atoms with Gasteiger partial charge in [0.2, 0.25) is 10.0 Å². The van der Waals surface area contributed by atoms with Gasteiger partial charge in [0.15, 0.2) is 0 Å². The largest absolute Gasteiger partial charge is 0.481 e. The van der Waals surface area contributed by atoms with Crippen molar-refractivity contribution in [1.82, 2.24) is 4.72 Å². The van der Waals surface area contributed by atoms with Crippen LogP contribution in [0.3, 0.4) is 0 Å². The molecule has 16 heavy (non-hydrogen) atoms. The molecule has 5 nitrogen and oxygen atoms in total. The minimum absolute atomic E-state index is 0.357. The van der Waals surface area contributed by atoms with E-state index in [0.29, 0.717) is 19.3 Å². The highest BCUT2D eigenvalue weighted by molar-refractivity contribution is 7.89. The predicted molar refractivity (Wildman–Crippen MR) is 62.8 cm³/mol. The smallest absolute Gasteiger partial charge is 0.304 e. The molecule has 2 N–H and O–H groups in total. The van der Waals surface area contributed by atoms with Gasteiger partial charge >= 0.3 is 5.97 Å².